The van der Waals surface area contributed by atoms with Crippen LogP contribution in [0.4, 0.5) is 0 Å². The third kappa shape index (κ3) is 5.55. The molecule has 0 bridgehead atoms. The molecule has 3 aromatic rings. The van der Waals surface area contributed by atoms with Gasteiger partial charge in [-0.2, -0.15) is 0 Å². The second kappa shape index (κ2) is 9.15. The van der Waals surface area contributed by atoms with Crippen LogP contribution in [-0.4, -0.2) is 25.6 Å². The molecule has 0 saturated heterocycles. The number of hydrogen-bond acceptors (Lipinski definition) is 0. The van der Waals surface area contributed by atoms with Gasteiger partial charge >= 0.3 is 0 Å². The van der Waals surface area contributed by atoms with E-state index >= 15 is 0 Å². The highest BCUT2D eigenvalue weighted by molar-refractivity contribution is 5.91. The molecule has 3 aromatic carbocycles. The summed E-state index contributed by atoms with van der Waals surface area (Å²) in [4.78, 5) is 0. The fourth-order valence-corrected chi connectivity index (χ4v) is 3.05. The van der Waals surface area contributed by atoms with Crippen LogP contribution in [-0.2, 0) is 6.54 Å². The zero-order valence-electron chi connectivity index (χ0n) is 15.7. The Morgan fingerprint density at radius 3 is 1.65 bits per heavy atom. The van der Waals surface area contributed by atoms with Crippen molar-refractivity contribution in [3.05, 3.63) is 107 Å². The van der Waals surface area contributed by atoms with Gasteiger partial charge in [-0.15, -0.1) is 0 Å². The molecule has 0 fully saturated rings. The summed E-state index contributed by atoms with van der Waals surface area (Å²) in [6.07, 6.45) is 2.33. The number of benzene rings is 3. The van der Waals surface area contributed by atoms with Crippen molar-refractivity contribution in [2.75, 3.05) is 21.1 Å². The largest absolute Gasteiger partial charge is 1.00 e. The van der Waals surface area contributed by atoms with Gasteiger partial charge in [-0.05, 0) is 28.3 Å². The van der Waals surface area contributed by atoms with E-state index < -0.39 is 0 Å². The van der Waals surface area contributed by atoms with Gasteiger partial charge in [0.1, 0.15) is 6.54 Å². The van der Waals surface area contributed by atoms with Crippen LogP contribution >= 0.6 is 0 Å². The molecule has 0 radical (unpaired) electrons. The minimum Gasteiger partial charge on any atom is -1.00 e. The minimum atomic E-state index is 0. The summed E-state index contributed by atoms with van der Waals surface area (Å²) in [5.74, 6) is 0. The van der Waals surface area contributed by atoms with E-state index in [1.165, 1.54) is 27.8 Å². The van der Waals surface area contributed by atoms with Crippen molar-refractivity contribution in [2.24, 2.45) is 0 Å². The molecule has 134 valence electrons. The van der Waals surface area contributed by atoms with Gasteiger partial charge in [0.05, 0.1) is 21.1 Å². The Labute approximate surface area is 174 Å². The maximum Gasteiger partial charge on any atom is 0.104 e. The highest BCUT2D eigenvalue weighted by atomic mass is 127. The second-order valence-corrected chi connectivity index (χ2v) is 7.44. The molecule has 0 spiro atoms. The molecule has 0 aliphatic carbocycles. The van der Waals surface area contributed by atoms with E-state index in [0.717, 1.165) is 11.0 Å². The predicted octanol–water partition coefficient (Wildman–Crippen LogP) is 2.49. The van der Waals surface area contributed by atoms with Crippen molar-refractivity contribution in [2.45, 2.75) is 6.54 Å². The van der Waals surface area contributed by atoms with Gasteiger partial charge in [0, 0.05) is 5.56 Å². The Morgan fingerprint density at radius 1 is 0.692 bits per heavy atom. The van der Waals surface area contributed by atoms with Crippen molar-refractivity contribution >= 4 is 11.6 Å². The third-order valence-electron chi connectivity index (χ3n) is 4.17. The molecule has 3 rings (SSSR count). The fourth-order valence-electron chi connectivity index (χ4n) is 3.05. The van der Waals surface area contributed by atoms with E-state index in [2.05, 4.69) is 112 Å². The quantitative estimate of drug-likeness (QED) is 0.315. The first-order valence-corrected chi connectivity index (χ1v) is 8.74. The number of halogens is 1. The van der Waals surface area contributed by atoms with Crippen molar-refractivity contribution in [1.29, 1.82) is 0 Å². The second-order valence-electron chi connectivity index (χ2n) is 7.44. The molecule has 0 aliphatic rings. The summed E-state index contributed by atoms with van der Waals surface area (Å²) in [6.45, 7) is 1.00. The van der Waals surface area contributed by atoms with E-state index in [4.69, 9.17) is 0 Å². The standard InChI is InChI=1S/C24H26N.HI/c1-25(2,3)19-23-17-11-10-16-22(23)18-24(20-12-6-4-7-13-20)21-14-8-5-9-15-21;/h4-18H,19H2,1-3H3;1H/q+1;/p-1. The minimum absolute atomic E-state index is 0. The SMILES string of the molecule is C[N+](C)(C)Cc1ccccc1C=C(c1ccccc1)c1ccccc1.[I-]. The lowest BCUT2D eigenvalue weighted by molar-refractivity contribution is -0.884. The summed E-state index contributed by atoms with van der Waals surface area (Å²) in [5.41, 5.74) is 6.41. The summed E-state index contributed by atoms with van der Waals surface area (Å²) < 4.78 is 0.914. The van der Waals surface area contributed by atoms with Crippen LogP contribution in [0.15, 0.2) is 84.9 Å². The predicted molar refractivity (Wildman–Crippen MR) is 108 cm³/mol. The van der Waals surface area contributed by atoms with Gasteiger partial charge in [-0.25, -0.2) is 0 Å². The number of rotatable bonds is 5. The van der Waals surface area contributed by atoms with Gasteiger partial charge in [-0.1, -0.05) is 84.9 Å². The highest BCUT2D eigenvalue weighted by Crippen LogP contribution is 2.27. The maximum atomic E-state index is 2.33. The summed E-state index contributed by atoms with van der Waals surface area (Å²) in [7, 11) is 6.70. The van der Waals surface area contributed by atoms with Crippen LogP contribution in [0.5, 0.6) is 0 Å². The Bertz CT molecular complexity index is 805. The number of nitrogens with zero attached hydrogens (tertiary/aromatic N) is 1. The van der Waals surface area contributed by atoms with Crippen LogP contribution in [0.2, 0.25) is 0 Å². The van der Waals surface area contributed by atoms with Crippen LogP contribution in [0.3, 0.4) is 0 Å². The zero-order valence-corrected chi connectivity index (χ0v) is 17.9. The lowest BCUT2D eigenvalue weighted by atomic mass is 9.94. The smallest absolute Gasteiger partial charge is 0.104 e. The lowest BCUT2D eigenvalue weighted by Gasteiger charge is -2.25. The molecule has 0 unspecified atom stereocenters. The molecule has 0 N–H and O–H groups in total. The number of quaternary nitrogens is 1. The first-order chi connectivity index (χ1) is 12.0. The monoisotopic (exact) mass is 455 g/mol. The molecule has 0 heterocycles. The Morgan fingerprint density at radius 2 is 1.15 bits per heavy atom. The average molecular weight is 455 g/mol. The summed E-state index contributed by atoms with van der Waals surface area (Å²) in [5, 5.41) is 0. The maximum absolute atomic E-state index is 2.33. The van der Waals surface area contributed by atoms with Gasteiger partial charge in [0.25, 0.3) is 0 Å². The molecule has 2 heteroatoms. The van der Waals surface area contributed by atoms with Crippen molar-refractivity contribution in [1.82, 2.24) is 0 Å². The van der Waals surface area contributed by atoms with E-state index in [1.807, 2.05) is 0 Å². The van der Waals surface area contributed by atoms with Gasteiger partial charge in [0.2, 0.25) is 0 Å². The summed E-state index contributed by atoms with van der Waals surface area (Å²) in [6, 6.07) is 30.0. The van der Waals surface area contributed by atoms with Gasteiger partial charge in [-0.3, -0.25) is 0 Å². The topological polar surface area (TPSA) is 0 Å². The summed E-state index contributed by atoms with van der Waals surface area (Å²) >= 11 is 0. The van der Waals surface area contributed by atoms with Crippen LogP contribution in [0, 0.1) is 0 Å². The number of hydrogen-bond donors (Lipinski definition) is 0. The van der Waals surface area contributed by atoms with E-state index in [1.54, 1.807) is 0 Å². The first kappa shape index (κ1) is 20.4. The zero-order chi connectivity index (χ0) is 17.7. The van der Waals surface area contributed by atoms with Gasteiger partial charge < -0.3 is 28.5 Å². The molecule has 1 nitrogen and oxygen atoms in total. The molecule has 0 saturated carbocycles. The molecular formula is C24H26IN. The Hall–Kier alpha value is -1.91. The van der Waals surface area contributed by atoms with Gasteiger partial charge in [0.15, 0.2) is 0 Å². The van der Waals surface area contributed by atoms with E-state index in [9.17, 15) is 0 Å². The normalized spacial score (nSPS) is 10.7. The Balaban J connectivity index is 0.00000243. The first-order valence-electron chi connectivity index (χ1n) is 8.74. The molecule has 0 aliphatic heterocycles. The van der Waals surface area contributed by atoms with Crippen molar-refractivity contribution < 1.29 is 28.5 Å². The van der Waals surface area contributed by atoms with E-state index in [0.29, 0.717) is 0 Å². The molecular weight excluding hydrogens is 429 g/mol. The highest BCUT2D eigenvalue weighted by Gasteiger charge is 2.12. The Kier molecular flexibility index (Phi) is 7.18. The van der Waals surface area contributed by atoms with Crippen molar-refractivity contribution in [3.63, 3.8) is 0 Å². The van der Waals surface area contributed by atoms with Crippen molar-refractivity contribution in [3.8, 4) is 0 Å². The van der Waals surface area contributed by atoms with Crippen LogP contribution in [0.25, 0.3) is 11.6 Å². The molecule has 0 amide bonds. The lowest BCUT2D eigenvalue weighted by Crippen LogP contribution is -3.00. The molecule has 0 aromatic heterocycles. The average Bonchev–Trinajstić information content (AvgIpc) is 2.61. The third-order valence-corrected chi connectivity index (χ3v) is 4.17. The van der Waals surface area contributed by atoms with E-state index in [-0.39, 0.29) is 24.0 Å². The fraction of sp³-hybridized carbons (Fsp3) is 0.167. The van der Waals surface area contributed by atoms with Crippen LogP contribution in [0.1, 0.15) is 22.3 Å². The van der Waals surface area contributed by atoms with Crippen LogP contribution < -0.4 is 24.0 Å². The molecule has 0 atom stereocenters. The molecule has 26 heavy (non-hydrogen) atoms.